The van der Waals surface area contributed by atoms with Crippen LogP contribution in [0.5, 0.6) is 0 Å². The second-order valence-corrected chi connectivity index (χ2v) is 3.59. The van der Waals surface area contributed by atoms with Crippen molar-refractivity contribution in [2.24, 2.45) is 0 Å². The van der Waals surface area contributed by atoms with Crippen LogP contribution in [0.2, 0.25) is 0 Å². The molecule has 0 aromatic carbocycles. The number of carboxylic acids is 1. The highest BCUT2D eigenvalue weighted by Gasteiger charge is 2.26. The average Bonchev–Trinajstić information content (AvgIpc) is 2.61. The molecule has 1 aromatic rings. The zero-order valence-corrected chi connectivity index (χ0v) is 8.19. The molecule has 0 radical (unpaired) electrons. The molecular weight excluding hydrogens is 198 g/mol. The number of nitrogens with one attached hydrogen (secondary N) is 1. The number of nitrogen functional groups attached to an aromatic ring is 1. The predicted molar refractivity (Wildman–Crippen MR) is 52.8 cm³/mol. The van der Waals surface area contributed by atoms with Gasteiger partial charge in [0.15, 0.2) is 5.82 Å². The third-order valence-corrected chi connectivity index (χ3v) is 2.67. The number of aromatic amines is 1. The summed E-state index contributed by atoms with van der Waals surface area (Å²) in [4.78, 5) is 11.0. The second-order valence-electron chi connectivity index (χ2n) is 3.59. The molecule has 1 saturated heterocycles. The zero-order chi connectivity index (χ0) is 10.8. The van der Waals surface area contributed by atoms with Gasteiger partial charge in [0.05, 0.1) is 5.69 Å². The van der Waals surface area contributed by atoms with E-state index in [1.54, 1.807) is 0 Å². The summed E-state index contributed by atoms with van der Waals surface area (Å²) in [6.07, 6.45) is 1.61. The fourth-order valence-electron chi connectivity index (χ4n) is 1.88. The minimum atomic E-state index is -1.03. The number of hydrogen-bond donors (Lipinski definition) is 3. The molecule has 0 amide bonds. The Kier molecular flexibility index (Phi) is 2.59. The summed E-state index contributed by atoms with van der Waals surface area (Å²) in [6.45, 7) is 1.31. The molecular formula is C9H13N3O3. The summed E-state index contributed by atoms with van der Waals surface area (Å²) in [6, 6.07) is 0. The van der Waals surface area contributed by atoms with Crippen LogP contribution in [0, 0.1) is 0 Å². The predicted octanol–water partition coefficient (Wildman–Crippen LogP) is 0.584. The Morgan fingerprint density at radius 2 is 2.20 bits per heavy atom. The lowest BCUT2D eigenvalue weighted by atomic mass is 9.94. The Hall–Kier alpha value is -1.56. The number of aromatic nitrogens is 2. The summed E-state index contributed by atoms with van der Waals surface area (Å²) in [5.41, 5.74) is 6.24. The molecule has 2 heterocycles. The number of nitrogens with two attached hydrogens (primary N) is 1. The number of hydrogen-bond acceptors (Lipinski definition) is 4. The van der Waals surface area contributed by atoms with E-state index in [0.717, 1.165) is 12.8 Å². The maximum absolute atomic E-state index is 11.0. The summed E-state index contributed by atoms with van der Waals surface area (Å²) in [7, 11) is 0. The highest BCUT2D eigenvalue weighted by atomic mass is 16.5. The van der Waals surface area contributed by atoms with E-state index >= 15 is 0 Å². The van der Waals surface area contributed by atoms with E-state index in [0.29, 0.717) is 18.9 Å². The molecule has 82 valence electrons. The Morgan fingerprint density at radius 1 is 1.53 bits per heavy atom. The average molecular weight is 211 g/mol. The van der Waals surface area contributed by atoms with Crippen molar-refractivity contribution in [3.05, 3.63) is 11.3 Å². The maximum Gasteiger partial charge on any atom is 0.341 e. The lowest BCUT2D eigenvalue weighted by molar-refractivity contribution is 0.0686. The van der Waals surface area contributed by atoms with Gasteiger partial charge in [-0.2, -0.15) is 5.10 Å². The van der Waals surface area contributed by atoms with Gasteiger partial charge in [-0.15, -0.1) is 0 Å². The number of H-pyrrole nitrogens is 1. The van der Waals surface area contributed by atoms with E-state index in [2.05, 4.69) is 10.2 Å². The van der Waals surface area contributed by atoms with Crippen LogP contribution < -0.4 is 5.73 Å². The molecule has 1 aromatic heterocycles. The van der Waals surface area contributed by atoms with Crippen LogP contribution in [0.15, 0.2) is 0 Å². The van der Waals surface area contributed by atoms with Gasteiger partial charge < -0.3 is 15.6 Å². The lowest BCUT2D eigenvalue weighted by Crippen LogP contribution is -2.17. The number of carboxylic acid groups (broad SMARTS) is 1. The van der Waals surface area contributed by atoms with Crippen molar-refractivity contribution >= 4 is 11.8 Å². The fourth-order valence-corrected chi connectivity index (χ4v) is 1.88. The maximum atomic E-state index is 11.0. The van der Waals surface area contributed by atoms with Crippen LogP contribution in [0.25, 0.3) is 0 Å². The molecule has 0 spiro atoms. The van der Waals surface area contributed by atoms with Crippen molar-refractivity contribution in [3.8, 4) is 0 Å². The van der Waals surface area contributed by atoms with E-state index in [1.165, 1.54) is 0 Å². The third-order valence-electron chi connectivity index (χ3n) is 2.67. The van der Waals surface area contributed by atoms with E-state index in [9.17, 15) is 4.79 Å². The van der Waals surface area contributed by atoms with E-state index < -0.39 is 5.97 Å². The van der Waals surface area contributed by atoms with Crippen molar-refractivity contribution in [1.82, 2.24) is 10.2 Å². The van der Waals surface area contributed by atoms with Crippen LogP contribution in [-0.4, -0.2) is 34.5 Å². The first kappa shape index (κ1) is 9.97. The highest BCUT2D eigenvalue weighted by molar-refractivity contribution is 5.94. The first-order valence-electron chi connectivity index (χ1n) is 4.85. The van der Waals surface area contributed by atoms with Gasteiger partial charge in [-0.05, 0) is 12.8 Å². The van der Waals surface area contributed by atoms with E-state index in [1.807, 2.05) is 0 Å². The van der Waals surface area contributed by atoms with Gasteiger partial charge in [0.2, 0.25) is 0 Å². The number of anilines is 1. The minimum Gasteiger partial charge on any atom is -0.477 e. The Bertz CT molecular complexity index is 369. The van der Waals surface area contributed by atoms with Gasteiger partial charge in [-0.1, -0.05) is 0 Å². The summed E-state index contributed by atoms with van der Waals surface area (Å²) < 4.78 is 5.22. The monoisotopic (exact) mass is 211 g/mol. The first-order valence-corrected chi connectivity index (χ1v) is 4.85. The number of aromatic carboxylic acids is 1. The SMILES string of the molecule is Nc1n[nH]c(C2CCOCC2)c1C(=O)O. The highest BCUT2D eigenvalue weighted by Crippen LogP contribution is 2.29. The van der Waals surface area contributed by atoms with Crippen molar-refractivity contribution in [2.45, 2.75) is 18.8 Å². The molecule has 1 aliphatic heterocycles. The first-order chi connectivity index (χ1) is 7.20. The van der Waals surface area contributed by atoms with Crippen LogP contribution in [0.4, 0.5) is 5.82 Å². The molecule has 1 fully saturated rings. The number of nitrogens with zero attached hydrogens (tertiary/aromatic N) is 1. The number of ether oxygens (including phenoxy) is 1. The van der Waals surface area contributed by atoms with Crippen molar-refractivity contribution in [1.29, 1.82) is 0 Å². The van der Waals surface area contributed by atoms with E-state index in [4.69, 9.17) is 15.6 Å². The Morgan fingerprint density at radius 3 is 2.80 bits per heavy atom. The van der Waals surface area contributed by atoms with Gasteiger partial charge in [0.25, 0.3) is 0 Å². The van der Waals surface area contributed by atoms with E-state index in [-0.39, 0.29) is 17.3 Å². The summed E-state index contributed by atoms with van der Waals surface area (Å²) in [5.74, 6) is -0.804. The third kappa shape index (κ3) is 1.80. The summed E-state index contributed by atoms with van der Waals surface area (Å²) in [5, 5.41) is 15.5. The molecule has 0 aliphatic carbocycles. The Balaban J connectivity index is 2.30. The van der Waals surface area contributed by atoms with Gasteiger partial charge in [0, 0.05) is 19.1 Å². The number of carbonyl (C=O) groups is 1. The van der Waals surface area contributed by atoms with Gasteiger partial charge in [0.1, 0.15) is 5.56 Å². The molecule has 0 unspecified atom stereocenters. The van der Waals surface area contributed by atoms with Crippen LogP contribution in [0.3, 0.4) is 0 Å². The lowest BCUT2D eigenvalue weighted by Gasteiger charge is -2.21. The van der Waals surface area contributed by atoms with Crippen LogP contribution in [0.1, 0.15) is 34.8 Å². The Labute approximate surface area is 86.4 Å². The summed E-state index contributed by atoms with van der Waals surface area (Å²) >= 11 is 0. The molecule has 6 heteroatoms. The fraction of sp³-hybridized carbons (Fsp3) is 0.556. The van der Waals surface area contributed by atoms with Gasteiger partial charge in [-0.25, -0.2) is 4.79 Å². The quantitative estimate of drug-likeness (QED) is 0.664. The topological polar surface area (TPSA) is 101 Å². The normalized spacial score (nSPS) is 17.9. The van der Waals surface area contributed by atoms with Crippen LogP contribution >= 0.6 is 0 Å². The molecule has 0 atom stereocenters. The van der Waals surface area contributed by atoms with Gasteiger partial charge in [-0.3, -0.25) is 5.10 Å². The molecule has 1 aliphatic rings. The molecule has 4 N–H and O–H groups in total. The second kappa shape index (κ2) is 3.90. The van der Waals surface area contributed by atoms with Gasteiger partial charge >= 0.3 is 5.97 Å². The number of rotatable bonds is 2. The van der Waals surface area contributed by atoms with Crippen LogP contribution in [-0.2, 0) is 4.74 Å². The standard InChI is InChI=1S/C9H13N3O3/c10-8-6(9(13)14)7(11-12-8)5-1-3-15-4-2-5/h5H,1-4H2,(H,13,14)(H3,10,11,12). The molecule has 0 saturated carbocycles. The molecule has 0 bridgehead atoms. The van der Waals surface area contributed by atoms with Crippen molar-refractivity contribution in [3.63, 3.8) is 0 Å². The zero-order valence-electron chi connectivity index (χ0n) is 8.19. The minimum absolute atomic E-state index is 0.0593. The van der Waals surface area contributed by atoms with Crippen molar-refractivity contribution in [2.75, 3.05) is 18.9 Å². The molecule has 2 rings (SSSR count). The smallest absolute Gasteiger partial charge is 0.341 e. The molecule has 15 heavy (non-hydrogen) atoms. The van der Waals surface area contributed by atoms with Crippen molar-refractivity contribution < 1.29 is 14.6 Å². The molecule has 6 nitrogen and oxygen atoms in total. The largest absolute Gasteiger partial charge is 0.477 e.